The minimum absolute atomic E-state index is 0.0597. The van der Waals surface area contributed by atoms with E-state index in [-0.39, 0.29) is 29.0 Å². The Labute approximate surface area is 152 Å². The number of sulfonamides is 1. The lowest BCUT2D eigenvalue weighted by atomic mass is 10.2. The number of hydrogen-bond donors (Lipinski definition) is 2. The normalized spacial score (nSPS) is 17.2. The predicted molar refractivity (Wildman–Crippen MR) is 96.0 cm³/mol. The van der Waals surface area contributed by atoms with E-state index >= 15 is 0 Å². The molecule has 2 heterocycles. The third-order valence-corrected chi connectivity index (χ3v) is 5.53. The van der Waals surface area contributed by atoms with Crippen LogP contribution in [0.3, 0.4) is 0 Å². The van der Waals surface area contributed by atoms with Crippen molar-refractivity contribution in [1.29, 1.82) is 0 Å². The Balaban J connectivity index is 1.63. The van der Waals surface area contributed by atoms with Gasteiger partial charge in [-0.1, -0.05) is 12.1 Å². The summed E-state index contributed by atoms with van der Waals surface area (Å²) in [7, 11) is -3.69. The second-order valence-electron chi connectivity index (χ2n) is 6.06. The highest BCUT2D eigenvalue weighted by atomic mass is 32.2. The first kappa shape index (κ1) is 18.5. The summed E-state index contributed by atoms with van der Waals surface area (Å²) < 4.78 is 32.8. The van der Waals surface area contributed by atoms with Crippen molar-refractivity contribution in [2.45, 2.75) is 30.4 Å². The van der Waals surface area contributed by atoms with Gasteiger partial charge in [0.05, 0.1) is 11.0 Å². The van der Waals surface area contributed by atoms with Crippen LogP contribution in [-0.2, 0) is 21.3 Å². The summed E-state index contributed by atoms with van der Waals surface area (Å²) in [6.07, 6.45) is 5.02. The van der Waals surface area contributed by atoms with Crippen LogP contribution in [0, 0.1) is 0 Å². The zero-order valence-corrected chi connectivity index (χ0v) is 15.0. The van der Waals surface area contributed by atoms with Crippen molar-refractivity contribution in [3.8, 4) is 0 Å². The molecule has 3 rings (SSSR count). The van der Waals surface area contributed by atoms with E-state index < -0.39 is 10.0 Å². The highest BCUT2D eigenvalue weighted by molar-refractivity contribution is 7.89. The fourth-order valence-corrected chi connectivity index (χ4v) is 3.79. The van der Waals surface area contributed by atoms with Gasteiger partial charge < -0.3 is 10.1 Å². The van der Waals surface area contributed by atoms with Gasteiger partial charge >= 0.3 is 0 Å². The summed E-state index contributed by atoms with van der Waals surface area (Å²) >= 11 is 0. The van der Waals surface area contributed by atoms with E-state index in [9.17, 15) is 13.2 Å². The number of benzene rings is 1. The number of ether oxygens (including phenoxy) is 1. The Morgan fingerprint density at radius 1 is 1.27 bits per heavy atom. The molecule has 8 heteroatoms. The maximum atomic E-state index is 12.4. The van der Waals surface area contributed by atoms with Gasteiger partial charge in [-0.2, -0.15) is 0 Å². The molecular weight excluding hydrogens is 354 g/mol. The molecule has 1 aliphatic heterocycles. The van der Waals surface area contributed by atoms with Crippen LogP contribution in [0.25, 0.3) is 0 Å². The number of rotatable bonds is 7. The smallest absolute Gasteiger partial charge is 0.251 e. The summed E-state index contributed by atoms with van der Waals surface area (Å²) in [6, 6.07) is 9.61. The van der Waals surface area contributed by atoms with E-state index in [0.29, 0.717) is 13.2 Å². The van der Waals surface area contributed by atoms with Crippen molar-refractivity contribution in [2.75, 3.05) is 13.2 Å². The number of pyridine rings is 1. The first-order valence-corrected chi connectivity index (χ1v) is 9.91. The fraction of sp³-hybridized carbons (Fsp3) is 0.333. The molecule has 26 heavy (non-hydrogen) atoms. The number of amides is 1. The maximum absolute atomic E-state index is 12.4. The molecule has 1 aromatic heterocycles. The summed E-state index contributed by atoms with van der Waals surface area (Å²) in [5.74, 6) is -0.343. The van der Waals surface area contributed by atoms with E-state index in [1.807, 2.05) is 6.07 Å². The molecule has 1 amide bonds. The average molecular weight is 375 g/mol. The largest absolute Gasteiger partial charge is 0.377 e. The van der Waals surface area contributed by atoms with Crippen LogP contribution in [0.4, 0.5) is 0 Å². The third-order valence-electron chi connectivity index (χ3n) is 4.11. The van der Waals surface area contributed by atoms with Crippen molar-refractivity contribution >= 4 is 15.9 Å². The number of carbonyl (C=O) groups is 1. The standard InChI is InChI=1S/C18H21N3O4S/c22-18(20-12-14-4-2-8-19-11-14)15-5-1-7-17(10-15)26(23,24)21-13-16-6-3-9-25-16/h1-2,4-5,7-8,10-11,16,21H,3,6,9,12-13H2,(H,20,22)/t16-/m0/s1. The van der Waals surface area contributed by atoms with Crippen molar-refractivity contribution in [1.82, 2.24) is 15.0 Å². The molecule has 0 bridgehead atoms. The van der Waals surface area contributed by atoms with Gasteiger partial charge in [0, 0.05) is 37.7 Å². The molecule has 0 unspecified atom stereocenters. The Morgan fingerprint density at radius 2 is 2.15 bits per heavy atom. The second-order valence-corrected chi connectivity index (χ2v) is 7.83. The SMILES string of the molecule is O=C(NCc1cccnc1)c1cccc(S(=O)(=O)NC[C@@H]2CCCO2)c1. The lowest BCUT2D eigenvalue weighted by molar-refractivity contribution is 0.0950. The van der Waals surface area contributed by atoms with Crippen LogP contribution < -0.4 is 10.0 Å². The molecule has 0 radical (unpaired) electrons. The van der Waals surface area contributed by atoms with E-state index in [0.717, 1.165) is 18.4 Å². The van der Waals surface area contributed by atoms with Gasteiger partial charge in [0.15, 0.2) is 0 Å². The van der Waals surface area contributed by atoms with Gasteiger partial charge in [-0.3, -0.25) is 9.78 Å². The number of hydrogen-bond acceptors (Lipinski definition) is 5. The lowest BCUT2D eigenvalue weighted by Gasteiger charge is -2.12. The van der Waals surface area contributed by atoms with Crippen molar-refractivity contribution in [3.63, 3.8) is 0 Å². The number of nitrogens with one attached hydrogen (secondary N) is 2. The molecule has 1 aliphatic rings. The molecule has 7 nitrogen and oxygen atoms in total. The van der Waals surface area contributed by atoms with Crippen LogP contribution in [0.5, 0.6) is 0 Å². The van der Waals surface area contributed by atoms with Crippen LogP contribution in [0.1, 0.15) is 28.8 Å². The van der Waals surface area contributed by atoms with Crippen LogP contribution in [0.2, 0.25) is 0 Å². The van der Waals surface area contributed by atoms with Gasteiger partial charge in [0.2, 0.25) is 10.0 Å². The minimum Gasteiger partial charge on any atom is -0.377 e. The zero-order chi connectivity index (χ0) is 18.4. The highest BCUT2D eigenvalue weighted by Gasteiger charge is 2.21. The fourth-order valence-electron chi connectivity index (χ4n) is 2.68. The molecule has 0 aliphatic carbocycles. The summed E-state index contributed by atoms with van der Waals surface area (Å²) in [5, 5.41) is 2.76. The molecule has 2 N–H and O–H groups in total. The molecule has 1 atom stereocenters. The van der Waals surface area contributed by atoms with Gasteiger partial charge in [0.1, 0.15) is 0 Å². The first-order valence-electron chi connectivity index (χ1n) is 8.43. The quantitative estimate of drug-likeness (QED) is 0.764. The van der Waals surface area contributed by atoms with Crippen molar-refractivity contribution in [3.05, 3.63) is 59.9 Å². The number of aromatic nitrogens is 1. The van der Waals surface area contributed by atoms with E-state index in [1.54, 1.807) is 30.6 Å². The van der Waals surface area contributed by atoms with Crippen LogP contribution in [0.15, 0.2) is 53.7 Å². The molecule has 138 valence electrons. The molecule has 1 saturated heterocycles. The highest BCUT2D eigenvalue weighted by Crippen LogP contribution is 2.14. The van der Waals surface area contributed by atoms with E-state index in [2.05, 4.69) is 15.0 Å². The second kappa shape index (κ2) is 8.39. The average Bonchev–Trinajstić information content (AvgIpc) is 3.19. The Kier molecular flexibility index (Phi) is 5.97. The van der Waals surface area contributed by atoms with E-state index in [4.69, 9.17) is 4.74 Å². The Morgan fingerprint density at radius 3 is 2.88 bits per heavy atom. The molecule has 0 saturated carbocycles. The van der Waals surface area contributed by atoms with E-state index in [1.165, 1.54) is 12.1 Å². The van der Waals surface area contributed by atoms with Crippen LogP contribution in [-0.4, -0.2) is 38.6 Å². The number of carbonyl (C=O) groups excluding carboxylic acids is 1. The molecule has 1 aromatic carbocycles. The van der Waals surface area contributed by atoms with Gasteiger partial charge in [-0.05, 0) is 42.7 Å². The third kappa shape index (κ3) is 4.87. The summed E-state index contributed by atoms with van der Waals surface area (Å²) in [6.45, 7) is 1.22. The monoisotopic (exact) mass is 375 g/mol. The summed E-state index contributed by atoms with van der Waals surface area (Å²) in [5.41, 5.74) is 1.15. The van der Waals surface area contributed by atoms with Gasteiger partial charge in [-0.25, -0.2) is 13.1 Å². The first-order chi connectivity index (χ1) is 12.5. The molecular formula is C18H21N3O4S. The molecule has 1 fully saturated rings. The maximum Gasteiger partial charge on any atom is 0.251 e. The van der Waals surface area contributed by atoms with Gasteiger partial charge in [0.25, 0.3) is 5.91 Å². The molecule has 2 aromatic rings. The Bertz CT molecular complexity index is 850. The van der Waals surface area contributed by atoms with Crippen molar-refractivity contribution < 1.29 is 17.9 Å². The topological polar surface area (TPSA) is 97.4 Å². The van der Waals surface area contributed by atoms with Gasteiger partial charge in [-0.15, -0.1) is 0 Å². The molecule has 0 spiro atoms. The van der Waals surface area contributed by atoms with Crippen LogP contribution >= 0.6 is 0 Å². The Hall–Kier alpha value is -2.29. The minimum atomic E-state index is -3.69. The lowest BCUT2D eigenvalue weighted by Crippen LogP contribution is -2.32. The number of nitrogens with zero attached hydrogens (tertiary/aromatic N) is 1. The zero-order valence-electron chi connectivity index (χ0n) is 14.2. The summed E-state index contributed by atoms with van der Waals surface area (Å²) in [4.78, 5) is 16.3. The predicted octanol–water partition coefficient (Wildman–Crippen LogP) is 1.47. The van der Waals surface area contributed by atoms with Crippen molar-refractivity contribution in [2.24, 2.45) is 0 Å².